The molecule has 0 radical (unpaired) electrons. The van der Waals surface area contributed by atoms with Crippen molar-refractivity contribution in [2.24, 2.45) is 4.99 Å². The smallest absolute Gasteiger partial charge is 0.338 e. The lowest BCUT2D eigenvalue weighted by atomic mass is 9.79. The molecule has 0 amide bonds. The van der Waals surface area contributed by atoms with Crippen molar-refractivity contribution < 1.29 is 13.9 Å². The Balaban J connectivity index is 1.88. The van der Waals surface area contributed by atoms with Crippen LogP contribution in [0.2, 0.25) is 0 Å². The van der Waals surface area contributed by atoms with Gasteiger partial charge in [-0.3, -0.25) is 4.99 Å². The molecule has 3 rings (SSSR count). The quantitative estimate of drug-likeness (QED) is 0.417. The van der Waals surface area contributed by atoms with E-state index in [0.717, 1.165) is 25.1 Å². The summed E-state index contributed by atoms with van der Waals surface area (Å²) in [7, 11) is 0. The van der Waals surface area contributed by atoms with E-state index in [2.05, 4.69) is 37.6 Å². The molecule has 0 bridgehead atoms. The first-order valence-electron chi connectivity index (χ1n) is 10.7. The summed E-state index contributed by atoms with van der Waals surface area (Å²) in [5.74, 6) is -0.284. The highest BCUT2D eigenvalue weighted by atomic mass is 19.1. The lowest BCUT2D eigenvalue weighted by Gasteiger charge is -2.47. The molecule has 30 heavy (non-hydrogen) atoms. The zero-order valence-corrected chi connectivity index (χ0v) is 18.5. The molecule has 1 aliphatic heterocycles. The number of esters is 1. The zero-order chi connectivity index (χ0) is 21.9. The van der Waals surface area contributed by atoms with Crippen LogP contribution in [0.1, 0.15) is 74.9 Å². The molecule has 0 fully saturated rings. The van der Waals surface area contributed by atoms with E-state index in [1.165, 1.54) is 5.56 Å². The molecule has 160 valence electrons. The normalized spacial score (nSPS) is 17.8. The SMILES string of the molecule is CCCN1c2cc(F)c(C=Nc3ccc(C(=O)OCC)cc3)cc2C(C)CC1(C)C. The number of carbonyl (C=O) groups is 1. The van der Waals surface area contributed by atoms with E-state index in [9.17, 15) is 9.18 Å². The van der Waals surface area contributed by atoms with E-state index >= 15 is 0 Å². The van der Waals surface area contributed by atoms with Gasteiger partial charge in [-0.05, 0) is 81.5 Å². The Labute approximate surface area is 178 Å². The van der Waals surface area contributed by atoms with Gasteiger partial charge in [0, 0.05) is 29.5 Å². The van der Waals surface area contributed by atoms with Crippen molar-refractivity contribution in [2.45, 2.75) is 58.9 Å². The second-order valence-corrected chi connectivity index (χ2v) is 8.53. The molecule has 1 unspecified atom stereocenters. The van der Waals surface area contributed by atoms with Gasteiger partial charge in [-0.15, -0.1) is 0 Å². The fourth-order valence-corrected chi connectivity index (χ4v) is 4.31. The van der Waals surface area contributed by atoms with Crippen LogP contribution < -0.4 is 4.90 Å². The highest BCUT2D eigenvalue weighted by Crippen LogP contribution is 2.44. The van der Waals surface area contributed by atoms with E-state index in [0.29, 0.717) is 29.3 Å². The van der Waals surface area contributed by atoms with Gasteiger partial charge in [0.1, 0.15) is 5.82 Å². The lowest BCUT2D eigenvalue weighted by molar-refractivity contribution is 0.0526. The van der Waals surface area contributed by atoms with Crippen LogP contribution in [-0.4, -0.2) is 30.9 Å². The van der Waals surface area contributed by atoms with Crippen molar-refractivity contribution in [3.63, 3.8) is 0 Å². The summed E-state index contributed by atoms with van der Waals surface area (Å²) in [5.41, 5.74) is 3.78. The van der Waals surface area contributed by atoms with Crippen molar-refractivity contribution >= 4 is 23.6 Å². The number of benzene rings is 2. The van der Waals surface area contributed by atoms with Gasteiger partial charge in [-0.2, -0.15) is 0 Å². The Kier molecular flexibility index (Phi) is 6.59. The molecule has 2 aromatic carbocycles. The molecule has 0 saturated carbocycles. The standard InChI is InChI=1S/C25H31FN2O2/c1-6-12-28-23-14-22(26)19(13-21(23)17(3)15-25(28,4)5)16-27-20-10-8-18(9-11-20)24(29)30-7-2/h8-11,13-14,16-17H,6-7,12,15H2,1-5H3. The fourth-order valence-electron chi connectivity index (χ4n) is 4.31. The van der Waals surface area contributed by atoms with Gasteiger partial charge in [-0.25, -0.2) is 9.18 Å². The van der Waals surface area contributed by atoms with E-state index in [1.54, 1.807) is 43.5 Å². The van der Waals surface area contributed by atoms with Crippen molar-refractivity contribution in [2.75, 3.05) is 18.1 Å². The third-order valence-electron chi connectivity index (χ3n) is 5.68. The molecule has 0 N–H and O–H groups in total. The lowest BCUT2D eigenvalue weighted by Crippen LogP contribution is -2.48. The van der Waals surface area contributed by atoms with Crippen molar-refractivity contribution in [1.82, 2.24) is 0 Å². The molecule has 2 aromatic rings. The third-order valence-corrected chi connectivity index (χ3v) is 5.68. The van der Waals surface area contributed by atoms with Gasteiger partial charge < -0.3 is 9.64 Å². The number of nitrogens with zero attached hydrogens (tertiary/aromatic N) is 2. The summed E-state index contributed by atoms with van der Waals surface area (Å²) >= 11 is 0. The van der Waals surface area contributed by atoms with Gasteiger partial charge in [0.2, 0.25) is 0 Å². The number of fused-ring (bicyclic) bond motifs is 1. The van der Waals surface area contributed by atoms with Crippen LogP contribution in [0.4, 0.5) is 15.8 Å². The minimum absolute atomic E-state index is 0.00510. The van der Waals surface area contributed by atoms with Crippen LogP contribution in [0, 0.1) is 5.82 Å². The number of hydrogen-bond donors (Lipinski definition) is 0. The highest BCUT2D eigenvalue weighted by Gasteiger charge is 2.36. The van der Waals surface area contributed by atoms with Crippen molar-refractivity contribution in [1.29, 1.82) is 0 Å². The van der Waals surface area contributed by atoms with Crippen molar-refractivity contribution in [3.05, 3.63) is 58.9 Å². The largest absolute Gasteiger partial charge is 0.462 e. The summed E-state index contributed by atoms with van der Waals surface area (Å²) in [6.07, 6.45) is 3.60. The summed E-state index contributed by atoms with van der Waals surface area (Å²) in [5, 5.41) is 0. The Bertz CT molecular complexity index is 935. The maximum atomic E-state index is 14.9. The summed E-state index contributed by atoms with van der Waals surface area (Å²) < 4.78 is 19.9. The predicted octanol–water partition coefficient (Wildman–Crippen LogP) is 6.26. The monoisotopic (exact) mass is 410 g/mol. The molecule has 0 aliphatic carbocycles. The molecule has 1 atom stereocenters. The Morgan fingerprint density at radius 2 is 1.97 bits per heavy atom. The maximum absolute atomic E-state index is 14.9. The first kappa shape index (κ1) is 22.0. The van der Waals surface area contributed by atoms with Crippen LogP contribution in [0.3, 0.4) is 0 Å². The molecule has 1 aliphatic rings. The average molecular weight is 411 g/mol. The molecular weight excluding hydrogens is 379 g/mol. The third kappa shape index (κ3) is 4.55. The van der Waals surface area contributed by atoms with Gasteiger partial charge in [-0.1, -0.05) is 13.8 Å². The van der Waals surface area contributed by atoms with Gasteiger partial charge in [0.05, 0.1) is 17.9 Å². The van der Waals surface area contributed by atoms with Crippen LogP contribution >= 0.6 is 0 Å². The van der Waals surface area contributed by atoms with E-state index in [1.807, 2.05) is 6.07 Å². The second-order valence-electron chi connectivity index (χ2n) is 8.53. The maximum Gasteiger partial charge on any atom is 0.338 e. The number of carbonyl (C=O) groups excluding carboxylic acids is 1. The number of rotatable bonds is 6. The topological polar surface area (TPSA) is 41.9 Å². The average Bonchev–Trinajstić information content (AvgIpc) is 2.70. The summed E-state index contributed by atoms with van der Waals surface area (Å²) in [6, 6.07) is 10.4. The molecule has 0 aromatic heterocycles. The van der Waals surface area contributed by atoms with Crippen LogP contribution in [-0.2, 0) is 4.74 Å². The molecule has 4 nitrogen and oxygen atoms in total. The number of halogens is 1. The highest BCUT2D eigenvalue weighted by molar-refractivity contribution is 5.90. The predicted molar refractivity (Wildman–Crippen MR) is 121 cm³/mol. The second kappa shape index (κ2) is 8.99. The first-order chi connectivity index (χ1) is 14.3. The number of anilines is 1. The first-order valence-corrected chi connectivity index (χ1v) is 10.7. The van der Waals surface area contributed by atoms with Crippen LogP contribution in [0.5, 0.6) is 0 Å². The molecule has 1 heterocycles. The fraction of sp³-hybridized carbons (Fsp3) is 0.440. The Morgan fingerprint density at radius 3 is 2.60 bits per heavy atom. The summed E-state index contributed by atoms with van der Waals surface area (Å²) in [6.45, 7) is 11.8. The molecule has 0 saturated heterocycles. The van der Waals surface area contributed by atoms with E-state index < -0.39 is 0 Å². The molecule has 0 spiro atoms. The van der Waals surface area contributed by atoms with Crippen LogP contribution in [0.25, 0.3) is 0 Å². The number of hydrogen-bond acceptors (Lipinski definition) is 4. The molecular formula is C25H31FN2O2. The minimum Gasteiger partial charge on any atom is -0.462 e. The molecule has 5 heteroatoms. The summed E-state index contributed by atoms with van der Waals surface area (Å²) in [4.78, 5) is 18.5. The Hall–Kier alpha value is -2.69. The zero-order valence-electron chi connectivity index (χ0n) is 18.5. The van der Waals surface area contributed by atoms with Crippen molar-refractivity contribution in [3.8, 4) is 0 Å². The van der Waals surface area contributed by atoms with E-state index in [4.69, 9.17) is 4.74 Å². The van der Waals surface area contributed by atoms with Crippen LogP contribution in [0.15, 0.2) is 41.4 Å². The number of aliphatic imine (C=N–C) groups is 1. The van der Waals surface area contributed by atoms with E-state index in [-0.39, 0.29) is 17.3 Å². The van der Waals surface area contributed by atoms with Gasteiger partial charge in [0.25, 0.3) is 0 Å². The number of ether oxygens (including phenoxy) is 1. The minimum atomic E-state index is -0.359. The van der Waals surface area contributed by atoms with Gasteiger partial charge in [0.15, 0.2) is 0 Å². The van der Waals surface area contributed by atoms with Gasteiger partial charge >= 0.3 is 5.97 Å². The Morgan fingerprint density at radius 1 is 1.27 bits per heavy atom.